The largest absolute Gasteiger partial charge is 0.365 e. The summed E-state index contributed by atoms with van der Waals surface area (Å²) in [5, 5.41) is 17.3. The topological polar surface area (TPSA) is 81.0 Å². The van der Waals surface area contributed by atoms with Crippen molar-refractivity contribution in [3.05, 3.63) is 82.7 Å². The Balaban J connectivity index is 1.71. The van der Waals surface area contributed by atoms with Crippen LogP contribution in [0.25, 0.3) is 21.7 Å². The summed E-state index contributed by atoms with van der Waals surface area (Å²) >= 11 is 0. The van der Waals surface area contributed by atoms with Gasteiger partial charge in [-0.2, -0.15) is 0 Å². The van der Waals surface area contributed by atoms with E-state index in [0.717, 1.165) is 5.56 Å². The second kappa shape index (κ2) is 6.16. The monoisotopic (exact) mass is 330 g/mol. The van der Waals surface area contributed by atoms with E-state index in [1.54, 1.807) is 6.07 Å². The van der Waals surface area contributed by atoms with Crippen LogP contribution in [-0.4, -0.2) is 14.9 Å². The molecule has 0 bridgehead atoms. The van der Waals surface area contributed by atoms with Crippen molar-refractivity contribution < 1.29 is 4.92 Å². The molecule has 0 aliphatic rings. The van der Waals surface area contributed by atoms with Crippen LogP contribution >= 0.6 is 0 Å². The van der Waals surface area contributed by atoms with E-state index < -0.39 is 4.92 Å². The fraction of sp³-hybridized carbons (Fsp3) is 0.0526. The molecule has 0 aliphatic heterocycles. The van der Waals surface area contributed by atoms with E-state index in [2.05, 4.69) is 39.6 Å². The first-order valence-corrected chi connectivity index (χ1v) is 7.82. The molecule has 1 N–H and O–H groups in total. The van der Waals surface area contributed by atoms with Crippen LogP contribution in [0.3, 0.4) is 0 Å². The lowest BCUT2D eigenvalue weighted by Gasteiger charge is -2.10. The Kier molecular flexibility index (Phi) is 3.70. The highest BCUT2D eigenvalue weighted by Crippen LogP contribution is 2.25. The van der Waals surface area contributed by atoms with E-state index in [4.69, 9.17) is 0 Å². The Morgan fingerprint density at radius 2 is 1.80 bits per heavy atom. The van der Waals surface area contributed by atoms with E-state index >= 15 is 0 Å². The zero-order chi connectivity index (χ0) is 17.2. The quantitative estimate of drug-likeness (QED) is 0.445. The average Bonchev–Trinajstić information content (AvgIpc) is 2.65. The van der Waals surface area contributed by atoms with Crippen molar-refractivity contribution in [1.82, 2.24) is 9.97 Å². The van der Waals surface area contributed by atoms with Crippen LogP contribution in [0.15, 0.2) is 67.0 Å². The number of hydrogen-bond donors (Lipinski definition) is 1. The number of nitrogens with one attached hydrogen (secondary N) is 1. The first-order valence-electron chi connectivity index (χ1n) is 7.82. The molecule has 0 saturated heterocycles. The molecular weight excluding hydrogens is 316 g/mol. The predicted octanol–water partition coefficient (Wildman–Crippen LogP) is 4.30. The number of anilines is 1. The zero-order valence-corrected chi connectivity index (χ0v) is 13.2. The lowest BCUT2D eigenvalue weighted by Crippen LogP contribution is -2.03. The van der Waals surface area contributed by atoms with Crippen LogP contribution in [-0.2, 0) is 6.54 Å². The van der Waals surface area contributed by atoms with Crippen LogP contribution in [0.5, 0.6) is 0 Å². The Morgan fingerprint density at radius 3 is 2.68 bits per heavy atom. The molecule has 0 spiro atoms. The smallest absolute Gasteiger partial charge is 0.270 e. The molecule has 0 saturated carbocycles. The van der Waals surface area contributed by atoms with Gasteiger partial charge in [0.05, 0.1) is 10.4 Å². The van der Waals surface area contributed by atoms with E-state index in [9.17, 15) is 10.1 Å². The van der Waals surface area contributed by atoms with Crippen molar-refractivity contribution >= 4 is 33.2 Å². The first-order chi connectivity index (χ1) is 12.2. The van der Waals surface area contributed by atoms with Crippen LogP contribution in [0.4, 0.5) is 11.5 Å². The van der Waals surface area contributed by atoms with Crippen molar-refractivity contribution in [3.63, 3.8) is 0 Å². The van der Waals surface area contributed by atoms with Gasteiger partial charge in [-0.3, -0.25) is 10.1 Å². The molecule has 122 valence electrons. The van der Waals surface area contributed by atoms with Gasteiger partial charge in [-0.05, 0) is 22.4 Å². The fourth-order valence-electron chi connectivity index (χ4n) is 2.92. The number of fused-ring (bicyclic) bond motifs is 2. The van der Waals surface area contributed by atoms with Crippen molar-refractivity contribution in [3.8, 4) is 0 Å². The molecule has 3 aromatic carbocycles. The number of hydrogen-bond acceptors (Lipinski definition) is 5. The zero-order valence-electron chi connectivity index (χ0n) is 13.2. The minimum absolute atomic E-state index is 0.0236. The second-order valence-electron chi connectivity index (χ2n) is 5.67. The average molecular weight is 330 g/mol. The maximum atomic E-state index is 11.0. The van der Waals surface area contributed by atoms with Crippen LogP contribution in [0.1, 0.15) is 5.56 Å². The van der Waals surface area contributed by atoms with Crippen molar-refractivity contribution in [1.29, 1.82) is 0 Å². The summed E-state index contributed by atoms with van der Waals surface area (Å²) in [7, 11) is 0. The number of rotatable bonds is 4. The highest BCUT2D eigenvalue weighted by atomic mass is 16.6. The predicted molar refractivity (Wildman–Crippen MR) is 97.5 cm³/mol. The standard InChI is InChI=1S/C19H14N4O2/c24-23(25)15-8-9-18-17(10-15)19(22-12-21-18)20-11-14-6-3-5-13-4-1-2-7-16(13)14/h1-10,12H,11H2,(H,20,21,22). The van der Waals surface area contributed by atoms with Crippen LogP contribution in [0, 0.1) is 10.1 Å². The summed E-state index contributed by atoms with van der Waals surface area (Å²) in [6.07, 6.45) is 1.46. The minimum Gasteiger partial charge on any atom is -0.365 e. The van der Waals surface area contributed by atoms with E-state index in [0.29, 0.717) is 23.3 Å². The molecule has 6 nitrogen and oxygen atoms in total. The van der Waals surface area contributed by atoms with Gasteiger partial charge in [0, 0.05) is 24.1 Å². The van der Waals surface area contributed by atoms with Gasteiger partial charge in [0.1, 0.15) is 12.1 Å². The van der Waals surface area contributed by atoms with Crippen LogP contribution in [0.2, 0.25) is 0 Å². The lowest BCUT2D eigenvalue weighted by molar-refractivity contribution is -0.384. The first kappa shape index (κ1) is 15.0. The summed E-state index contributed by atoms with van der Waals surface area (Å²) in [6.45, 7) is 0.566. The number of nitrogens with zero attached hydrogens (tertiary/aromatic N) is 3. The molecule has 0 fully saturated rings. The van der Waals surface area contributed by atoms with Gasteiger partial charge in [-0.1, -0.05) is 42.5 Å². The molecule has 0 atom stereocenters. The highest BCUT2D eigenvalue weighted by Gasteiger charge is 2.11. The molecule has 25 heavy (non-hydrogen) atoms. The van der Waals surface area contributed by atoms with Crippen molar-refractivity contribution in [2.45, 2.75) is 6.54 Å². The van der Waals surface area contributed by atoms with Gasteiger partial charge in [0.25, 0.3) is 5.69 Å². The fourth-order valence-corrected chi connectivity index (χ4v) is 2.92. The van der Waals surface area contributed by atoms with Crippen molar-refractivity contribution in [2.75, 3.05) is 5.32 Å². The third-order valence-electron chi connectivity index (χ3n) is 4.16. The molecule has 4 rings (SSSR count). The normalized spacial score (nSPS) is 10.9. The number of nitro groups is 1. The van der Waals surface area contributed by atoms with Gasteiger partial charge in [0.2, 0.25) is 0 Å². The molecule has 4 aromatic rings. The van der Waals surface area contributed by atoms with E-state index in [-0.39, 0.29) is 5.69 Å². The van der Waals surface area contributed by atoms with Crippen LogP contribution < -0.4 is 5.32 Å². The van der Waals surface area contributed by atoms with Gasteiger partial charge in [-0.25, -0.2) is 9.97 Å². The molecule has 0 amide bonds. The maximum Gasteiger partial charge on any atom is 0.270 e. The molecular formula is C19H14N4O2. The second-order valence-corrected chi connectivity index (χ2v) is 5.67. The minimum atomic E-state index is -0.416. The third kappa shape index (κ3) is 2.85. The number of benzene rings is 3. The molecule has 0 unspecified atom stereocenters. The molecule has 1 heterocycles. The molecule has 0 aliphatic carbocycles. The number of non-ortho nitro benzene ring substituents is 1. The number of nitro benzene ring substituents is 1. The number of aromatic nitrogens is 2. The Hall–Kier alpha value is -3.54. The Labute approximate surface area is 143 Å². The van der Waals surface area contributed by atoms with Gasteiger partial charge >= 0.3 is 0 Å². The summed E-state index contributed by atoms with van der Waals surface area (Å²) in [6, 6.07) is 18.9. The Bertz CT molecular complexity index is 1090. The van der Waals surface area contributed by atoms with E-state index in [1.807, 2.05) is 18.2 Å². The van der Waals surface area contributed by atoms with E-state index in [1.165, 1.54) is 29.2 Å². The SMILES string of the molecule is O=[N+]([O-])c1ccc2ncnc(NCc3cccc4ccccc34)c2c1. The summed E-state index contributed by atoms with van der Waals surface area (Å²) in [5.41, 5.74) is 1.83. The van der Waals surface area contributed by atoms with Crippen molar-refractivity contribution in [2.24, 2.45) is 0 Å². The summed E-state index contributed by atoms with van der Waals surface area (Å²) in [5.74, 6) is 0.585. The van der Waals surface area contributed by atoms with Gasteiger partial charge in [0.15, 0.2) is 0 Å². The maximum absolute atomic E-state index is 11.0. The molecule has 1 aromatic heterocycles. The van der Waals surface area contributed by atoms with Gasteiger partial charge < -0.3 is 5.32 Å². The molecule has 6 heteroatoms. The Morgan fingerprint density at radius 1 is 0.960 bits per heavy atom. The molecule has 0 radical (unpaired) electrons. The third-order valence-corrected chi connectivity index (χ3v) is 4.16. The summed E-state index contributed by atoms with van der Waals surface area (Å²) in [4.78, 5) is 19.0. The lowest BCUT2D eigenvalue weighted by atomic mass is 10.0. The highest BCUT2D eigenvalue weighted by molar-refractivity contribution is 5.91. The van der Waals surface area contributed by atoms with Gasteiger partial charge in [-0.15, -0.1) is 0 Å². The summed E-state index contributed by atoms with van der Waals surface area (Å²) < 4.78 is 0.